The van der Waals surface area contributed by atoms with Gasteiger partial charge in [-0.2, -0.15) is 21.6 Å². The average Bonchev–Trinajstić information content (AvgIpc) is 2.35. The Morgan fingerprint density at radius 1 is 1.30 bits per heavy atom. The van der Waals surface area contributed by atoms with Crippen LogP contribution in [0.15, 0.2) is 12.1 Å². The second kappa shape index (κ2) is 5.89. The van der Waals surface area contributed by atoms with Gasteiger partial charge >= 0.3 is 15.6 Å². The molecular formula is C15H19F3O4S. The van der Waals surface area contributed by atoms with Gasteiger partial charge in [-0.05, 0) is 50.8 Å². The molecule has 0 radical (unpaired) electrons. The van der Waals surface area contributed by atoms with Crippen LogP contribution in [0, 0.1) is 0 Å². The van der Waals surface area contributed by atoms with Gasteiger partial charge in [0.2, 0.25) is 0 Å². The van der Waals surface area contributed by atoms with Crippen LogP contribution in [-0.4, -0.2) is 19.5 Å². The summed E-state index contributed by atoms with van der Waals surface area (Å²) in [6.07, 6.45) is 2.28. The van der Waals surface area contributed by atoms with Crippen molar-refractivity contribution in [3.05, 3.63) is 23.3 Å². The van der Waals surface area contributed by atoms with Gasteiger partial charge in [0.1, 0.15) is 17.1 Å². The minimum atomic E-state index is -5.70. The summed E-state index contributed by atoms with van der Waals surface area (Å²) in [5, 5.41) is 0. The highest BCUT2D eigenvalue weighted by molar-refractivity contribution is 7.88. The van der Waals surface area contributed by atoms with Crippen molar-refractivity contribution in [2.45, 2.75) is 57.6 Å². The maximum Gasteiger partial charge on any atom is 0.534 e. The van der Waals surface area contributed by atoms with Crippen LogP contribution < -0.4 is 8.92 Å². The molecule has 23 heavy (non-hydrogen) atoms. The highest BCUT2D eigenvalue weighted by Crippen LogP contribution is 2.41. The molecule has 1 aliphatic rings. The molecule has 0 N–H and O–H groups in total. The number of alkyl halides is 3. The van der Waals surface area contributed by atoms with E-state index in [2.05, 4.69) is 4.18 Å². The second-order valence-corrected chi connectivity index (χ2v) is 7.70. The number of hydrogen-bond acceptors (Lipinski definition) is 4. The first-order chi connectivity index (χ1) is 10.5. The maximum atomic E-state index is 12.6. The van der Waals surface area contributed by atoms with Crippen molar-refractivity contribution in [3.8, 4) is 11.5 Å². The Morgan fingerprint density at radius 3 is 2.52 bits per heavy atom. The van der Waals surface area contributed by atoms with Crippen molar-refractivity contribution < 1.29 is 30.5 Å². The Labute approximate surface area is 133 Å². The molecule has 2 rings (SSSR count). The molecule has 0 saturated heterocycles. The summed E-state index contributed by atoms with van der Waals surface area (Å²) in [6.45, 7) is 5.65. The van der Waals surface area contributed by atoms with E-state index >= 15 is 0 Å². The summed E-state index contributed by atoms with van der Waals surface area (Å²) in [4.78, 5) is 0. The lowest BCUT2D eigenvalue weighted by Crippen LogP contribution is -2.33. The Hall–Kier alpha value is -1.44. The van der Waals surface area contributed by atoms with Crippen LogP contribution in [0.5, 0.6) is 11.5 Å². The zero-order valence-electron chi connectivity index (χ0n) is 13.2. The minimum absolute atomic E-state index is 0.293. The lowest BCUT2D eigenvalue weighted by atomic mass is 9.92. The van der Waals surface area contributed by atoms with E-state index in [-0.39, 0.29) is 5.75 Å². The van der Waals surface area contributed by atoms with E-state index in [0.717, 1.165) is 6.42 Å². The molecule has 8 heteroatoms. The van der Waals surface area contributed by atoms with Crippen LogP contribution in [-0.2, 0) is 23.0 Å². The van der Waals surface area contributed by atoms with E-state index in [1.165, 1.54) is 6.07 Å². The topological polar surface area (TPSA) is 52.6 Å². The summed E-state index contributed by atoms with van der Waals surface area (Å²) < 4.78 is 70.5. The zero-order valence-corrected chi connectivity index (χ0v) is 14.0. The van der Waals surface area contributed by atoms with E-state index in [0.29, 0.717) is 36.1 Å². The molecule has 0 bridgehead atoms. The second-order valence-electron chi connectivity index (χ2n) is 6.17. The number of ether oxygens (including phenoxy) is 1. The fourth-order valence-corrected chi connectivity index (χ4v) is 2.94. The average molecular weight is 352 g/mol. The minimum Gasteiger partial charge on any atom is -0.487 e. The predicted octanol–water partition coefficient (Wildman–Crippen LogP) is 3.97. The Bertz CT molecular complexity index is 693. The SMILES string of the molecule is CCCc1cc2c(c(OS(=O)(=O)C(F)(F)F)c1)CCC(C)(C)O2. The number of benzene rings is 1. The smallest absolute Gasteiger partial charge is 0.487 e. The first kappa shape index (κ1) is 17.9. The Kier molecular flexibility index (Phi) is 4.58. The monoisotopic (exact) mass is 352 g/mol. The molecule has 0 unspecified atom stereocenters. The van der Waals surface area contributed by atoms with E-state index in [4.69, 9.17) is 4.74 Å². The van der Waals surface area contributed by atoms with Crippen LogP contribution in [0.3, 0.4) is 0 Å². The third kappa shape index (κ3) is 3.91. The maximum absolute atomic E-state index is 12.6. The summed E-state index contributed by atoms with van der Waals surface area (Å²) in [7, 11) is -5.70. The van der Waals surface area contributed by atoms with Crippen LogP contribution >= 0.6 is 0 Å². The lowest BCUT2D eigenvalue weighted by Gasteiger charge is -2.33. The number of rotatable bonds is 4. The van der Waals surface area contributed by atoms with E-state index in [9.17, 15) is 21.6 Å². The molecular weight excluding hydrogens is 333 g/mol. The molecule has 1 aliphatic heterocycles. The largest absolute Gasteiger partial charge is 0.534 e. The van der Waals surface area contributed by atoms with Crippen molar-refractivity contribution >= 4 is 10.1 Å². The van der Waals surface area contributed by atoms with Crippen LogP contribution in [0.2, 0.25) is 0 Å². The van der Waals surface area contributed by atoms with E-state index in [1.54, 1.807) is 6.07 Å². The quantitative estimate of drug-likeness (QED) is 0.608. The summed E-state index contributed by atoms with van der Waals surface area (Å²) in [6, 6.07) is 3.10. The third-order valence-electron chi connectivity index (χ3n) is 3.61. The van der Waals surface area contributed by atoms with Gasteiger partial charge in [-0.15, -0.1) is 0 Å². The van der Waals surface area contributed by atoms with Crippen LogP contribution in [0.1, 0.15) is 44.7 Å². The Morgan fingerprint density at radius 2 is 1.96 bits per heavy atom. The van der Waals surface area contributed by atoms with Gasteiger partial charge < -0.3 is 8.92 Å². The number of hydrogen-bond donors (Lipinski definition) is 0. The highest BCUT2D eigenvalue weighted by Gasteiger charge is 2.49. The first-order valence-electron chi connectivity index (χ1n) is 7.31. The van der Waals surface area contributed by atoms with Crippen molar-refractivity contribution in [3.63, 3.8) is 0 Å². The van der Waals surface area contributed by atoms with Crippen LogP contribution in [0.25, 0.3) is 0 Å². The van der Waals surface area contributed by atoms with Gasteiger partial charge in [0, 0.05) is 5.56 Å². The molecule has 0 aromatic heterocycles. The van der Waals surface area contributed by atoms with Gasteiger partial charge in [0.15, 0.2) is 0 Å². The van der Waals surface area contributed by atoms with Crippen molar-refractivity contribution in [1.82, 2.24) is 0 Å². The molecule has 1 aromatic rings. The molecule has 0 amide bonds. The molecule has 0 saturated carbocycles. The highest BCUT2D eigenvalue weighted by atomic mass is 32.2. The molecule has 0 spiro atoms. The summed E-state index contributed by atoms with van der Waals surface area (Å²) in [5.74, 6) is 0.0957. The summed E-state index contributed by atoms with van der Waals surface area (Å²) >= 11 is 0. The molecule has 0 aliphatic carbocycles. The van der Waals surface area contributed by atoms with Crippen molar-refractivity contribution in [1.29, 1.82) is 0 Å². The number of aryl methyl sites for hydroxylation is 1. The van der Waals surface area contributed by atoms with Gasteiger partial charge in [0.05, 0.1) is 0 Å². The predicted molar refractivity (Wildman–Crippen MR) is 79.1 cm³/mol. The van der Waals surface area contributed by atoms with E-state index in [1.807, 2.05) is 20.8 Å². The lowest BCUT2D eigenvalue weighted by molar-refractivity contribution is -0.0500. The normalized spacial score (nSPS) is 17.3. The van der Waals surface area contributed by atoms with Gasteiger partial charge in [-0.3, -0.25) is 0 Å². The molecule has 1 aromatic carbocycles. The van der Waals surface area contributed by atoms with Crippen molar-refractivity contribution in [2.24, 2.45) is 0 Å². The zero-order chi connectivity index (χ0) is 17.5. The first-order valence-corrected chi connectivity index (χ1v) is 8.71. The number of halogens is 3. The van der Waals surface area contributed by atoms with Crippen LogP contribution in [0.4, 0.5) is 13.2 Å². The molecule has 4 nitrogen and oxygen atoms in total. The molecule has 1 heterocycles. The number of fused-ring (bicyclic) bond motifs is 1. The standard InChI is InChI=1S/C15H19F3O4S/c1-4-5-10-8-12-11(6-7-14(2,3)21-12)13(9-10)22-23(19,20)15(16,17)18/h8-9H,4-7H2,1-3H3. The van der Waals surface area contributed by atoms with Gasteiger partial charge in [-0.25, -0.2) is 0 Å². The summed E-state index contributed by atoms with van der Waals surface area (Å²) in [5.41, 5.74) is -4.89. The van der Waals surface area contributed by atoms with E-state index < -0.39 is 21.2 Å². The molecule has 0 atom stereocenters. The van der Waals surface area contributed by atoms with Gasteiger partial charge in [0.25, 0.3) is 0 Å². The fourth-order valence-electron chi connectivity index (χ4n) is 2.46. The molecule has 0 fully saturated rings. The van der Waals surface area contributed by atoms with Gasteiger partial charge in [-0.1, -0.05) is 13.3 Å². The van der Waals surface area contributed by atoms with Crippen molar-refractivity contribution in [2.75, 3.05) is 0 Å². The third-order valence-corrected chi connectivity index (χ3v) is 4.58. The molecule has 130 valence electrons. The Balaban J connectivity index is 2.49. The fraction of sp³-hybridized carbons (Fsp3) is 0.600.